The largest absolute Gasteiger partial charge is 0.389 e. The Morgan fingerprint density at radius 3 is 2.53 bits per heavy atom. The second-order valence-electron chi connectivity index (χ2n) is 7.15. The maximum atomic E-state index is 10.1. The number of piperidine rings is 1. The van der Waals surface area contributed by atoms with Gasteiger partial charge in [0.25, 0.3) is 0 Å². The Hall–Kier alpha value is -0.120. The van der Waals surface area contributed by atoms with E-state index in [0.717, 1.165) is 32.5 Å². The van der Waals surface area contributed by atoms with Crippen molar-refractivity contribution in [2.75, 3.05) is 19.6 Å². The number of hydrogen-bond donors (Lipinski definition) is 2. The molecule has 3 atom stereocenters. The van der Waals surface area contributed by atoms with Crippen LogP contribution in [0.4, 0.5) is 0 Å². The van der Waals surface area contributed by atoms with Crippen molar-refractivity contribution >= 4 is 0 Å². The SMILES string of the molecule is CC1(O)CCCN(CC2CCC(C)(C)C2N)C1. The van der Waals surface area contributed by atoms with Gasteiger partial charge < -0.3 is 15.7 Å². The number of hydrogen-bond acceptors (Lipinski definition) is 3. The van der Waals surface area contributed by atoms with Crippen molar-refractivity contribution in [1.29, 1.82) is 0 Å². The van der Waals surface area contributed by atoms with E-state index in [1.165, 1.54) is 12.8 Å². The third-order valence-electron chi connectivity index (χ3n) is 4.82. The van der Waals surface area contributed by atoms with Crippen molar-refractivity contribution in [3.05, 3.63) is 0 Å². The van der Waals surface area contributed by atoms with Crippen molar-refractivity contribution in [3.63, 3.8) is 0 Å². The van der Waals surface area contributed by atoms with Crippen molar-refractivity contribution in [1.82, 2.24) is 4.90 Å². The van der Waals surface area contributed by atoms with E-state index in [2.05, 4.69) is 18.7 Å². The first-order chi connectivity index (χ1) is 7.80. The van der Waals surface area contributed by atoms with Crippen LogP contribution in [0.25, 0.3) is 0 Å². The molecule has 100 valence electrons. The molecule has 3 N–H and O–H groups in total. The molecular weight excluding hydrogens is 212 g/mol. The van der Waals surface area contributed by atoms with Gasteiger partial charge in [-0.1, -0.05) is 13.8 Å². The summed E-state index contributed by atoms with van der Waals surface area (Å²) in [6.07, 6.45) is 4.53. The van der Waals surface area contributed by atoms with E-state index in [1.807, 2.05) is 6.92 Å². The Labute approximate surface area is 105 Å². The maximum Gasteiger partial charge on any atom is 0.0746 e. The number of likely N-dealkylation sites (tertiary alicyclic amines) is 1. The highest BCUT2D eigenvalue weighted by Gasteiger charge is 2.40. The Kier molecular flexibility index (Phi) is 3.54. The second kappa shape index (κ2) is 4.52. The monoisotopic (exact) mass is 240 g/mol. The molecule has 0 radical (unpaired) electrons. The van der Waals surface area contributed by atoms with Crippen LogP contribution in [0.5, 0.6) is 0 Å². The average molecular weight is 240 g/mol. The molecule has 1 saturated carbocycles. The van der Waals surface area contributed by atoms with Crippen molar-refractivity contribution in [3.8, 4) is 0 Å². The highest BCUT2D eigenvalue weighted by atomic mass is 16.3. The Morgan fingerprint density at radius 2 is 2.00 bits per heavy atom. The molecule has 2 aliphatic rings. The molecule has 1 aliphatic heterocycles. The summed E-state index contributed by atoms with van der Waals surface area (Å²) in [5, 5.41) is 10.1. The van der Waals surface area contributed by atoms with Gasteiger partial charge in [0.05, 0.1) is 5.60 Å². The Morgan fingerprint density at radius 1 is 1.29 bits per heavy atom. The van der Waals surface area contributed by atoms with Gasteiger partial charge in [0.2, 0.25) is 0 Å². The summed E-state index contributed by atoms with van der Waals surface area (Å²) in [5.41, 5.74) is 6.16. The van der Waals surface area contributed by atoms with Gasteiger partial charge in [0.15, 0.2) is 0 Å². The molecule has 0 aromatic carbocycles. The summed E-state index contributed by atoms with van der Waals surface area (Å²) in [6, 6.07) is 0.314. The van der Waals surface area contributed by atoms with Crippen LogP contribution in [-0.2, 0) is 0 Å². The fraction of sp³-hybridized carbons (Fsp3) is 1.00. The van der Waals surface area contributed by atoms with Crippen molar-refractivity contribution < 1.29 is 5.11 Å². The van der Waals surface area contributed by atoms with Crippen LogP contribution in [0.1, 0.15) is 46.5 Å². The predicted octanol–water partition coefficient (Wildman–Crippen LogP) is 1.60. The molecule has 1 heterocycles. The van der Waals surface area contributed by atoms with E-state index in [0.29, 0.717) is 17.4 Å². The minimum Gasteiger partial charge on any atom is -0.389 e. The van der Waals surface area contributed by atoms with E-state index in [-0.39, 0.29) is 0 Å². The zero-order valence-electron chi connectivity index (χ0n) is 11.6. The van der Waals surface area contributed by atoms with Crippen molar-refractivity contribution in [2.45, 2.75) is 58.1 Å². The maximum absolute atomic E-state index is 10.1. The molecule has 0 aromatic rings. The van der Waals surface area contributed by atoms with Crippen LogP contribution in [-0.4, -0.2) is 41.3 Å². The van der Waals surface area contributed by atoms with E-state index >= 15 is 0 Å². The first-order valence-corrected chi connectivity index (χ1v) is 7.00. The molecule has 3 unspecified atom stereocenters. The molecule has 0 spiro atoms. The van der Waals surface area contributed by atoms with E-state index in [1.54, 1.807) is 0 Å². The lowest BCUT2D eigenvalue weighted by molar-refractivity contribution is -0.0207. The summed E-state index contributed by atoms with van der Waals surface area (Å²) in [5.74, 6) is 0.610. The van der Waals surface area contributed by atoms with Gasteiger partial charge in [-0.15, -0.1) is 0 Å². The zero-order valence-corrected chi connectivity index (χ0v) is 11.6. The summed E-state index contributed by atoms with van der Waals surface area (Å²) in [7, 11) is 0. The third-order valence-corrected chi connectivity index (χ3v) is 4.82. The number of β-amino-alcohol motifs (C(OH)–C–C–N with tert-alkyl or cyclic N) is 1. The van der Waals surface area contributed by atoms with E-state index in [9.17, 15) is 5.11 Å². The molecule has 1 saturated heterocycles. The van der Waals surface area contributed by atoms with Gasteiger partial charge in [-0.05, 0) is 50.5 Å². The van der Waals surface area contributed by atoms with Gasteiger partial charge in [-0.2, -0.15) is 0 Å². The lowest BCUT2D eigenvalue weighted by Crippen LogP contribution is -2.49. The van der Waals surface area contributed by atoms with Crippen LogP contribution in [0.3, 0.4) is 0 Å². The first kappa shape index (κ1) is 13.3. The summed E-state index contributed by atoms with van der Waals surface area (Å²) in [4.78, 5) is 2.41. The molecule has 0 aromatic heterocycles. The summed E-state index contributed by atoms with van der Waals surface area (Å²) in [6.45, 7) is 9.53. The topological polar surface area (TPSA) is 49.5 Å². The third kappa shape index (κ3) is 3.01. The molecule has 2 fully saturated rings. The number of rotatable bonds is 2. The van der Waals surface area contributed by atoms with Gasteiger partial charge in [-0.25, -0.2) is 0 Å². The molecular formula is C14H28N2O. The van der Waals surface area contributed by atoms with Crippen LogP contribution in [0, 0.1) is 11.3 Å². The Balaban J connectivity index is 1.90. The van der Waals surface area contributed by atoms with Crippen LogP contribution in [0.2, 0.25) is 0 Å². The fourth-order valence-electron chi connectivity index (χ4n) is 3.56. The summed E-state index contributed by atoms with van der Waals surface area (Å²) < 4.78 is 0. The number of aliphatic hydroxyl groups is 1. The molecule has 0 amide bonds. The quantitative estimate of drug-likeness (QED) is 0.771. The highest BCUT2D eigenvalue weighted by molar-refractivity contribution is 4.96. The smallest absolute Gasteiger partial charge is 0.0746 e. The lowest BCUT2D eigenvalue weighted by atomic mass is 9.85. The second-order valence-corrected chi connectivity index (χ2v) is 7.15. The van der Waals surface area contributed by atoms with Gasteiger partial charge >= 0.3 is 0 Å². The molecule has 2 rings (SSSR count). The Bertz CT molecular complexity index is 275. The lowest BCUT2D eigenvalue weighted by Gasteiger charge is -2.39. The fourth-order valence-corrected chi connectivity index (χ4v) is 3.56. The number of nitrogens with two attached hydrogens (primary N) is 1. The van der Waals surface area contributed by atoms with Crippen LogP contribution >= 0.6 is 0 Å². The van der Waals surface area contributed by atoms with Crippen molar-refractivity contribution in [2.24, 2.45) is 17.1 Å². The van der Waals surface area contributed by atoms with Gasteiger partial charge in [0, 0.05) is 19.1 Å². The predicted molar refractivity (Wildman–Crippen MR) is 70.8 cm³/mol. The summed E-state index contributed by atoms with van der Waals surface area (Å²) >= 11 is 0. The standard InChI is InChI=1S/C14H28N2O/c1-13(2)7-5-11(12(13)15)9-16-8-4-6-14(3,17)10-16/h11-12,17H,4-10,15H2,1-3H3. The first-order valence-electron chi connectivity index (χ1n) is 7.00. The normalized spacial score (nSPS) is 42.9. The minimum absolute atomic E-state index is 0.295. The number of nitrogens with zero attached hydrogens (tertiary/aromatic N) is 1. The molecule has 3 nitrogen and oxygen atoms in total. The molecule has 17 heavy (non-hydrogen) atoms. The van der Waals surface area contributed by atoms with E-state index < -0.39 is 5.60 Å². The highest BCUT2D eigenvalue weighted by Crippen LogP contribution is 2.40. The average Bonchev–Trinajstić information content (AvgIpc) is 2.44. The molecule has 3 heteroatoms. The van der Waals surface area contributed by atoms with Crippen LogP contribution in [0.15, 0.2) is 0 Å². The zero-order chi connectivity index (χ0) is 12.7. The minimum atomic E-state index is -0.490. The molecule has 0 bridgehead atoms. The van der Waals surface area contributed by atoms with E-state index in [4.69, 9.17) is 5.73 Å². The van der Waals surface area contributed by atoms with Crippen LogP contribution < -0.4 is 5.73 Å². The molecule has 1 aliphatic carbocycles. The van der Waals surface area contributed by atoms with Gasteiger partial charge in [-0.3, -0.25) is 0 Å². The van der Waals surface area contributed by atoms with Gasteiger partial charge in [0.1, 0.15) is 0 Å².